The molecule has 1 atom stereocenters. The number of nitrogens with one attached hydrogen (secondary N) is 1. The van der Waals surface area contributed by atoms with Gasteiger partial charge in [0, 0.05) is 26.2 Å². The second-order valence-electron chi connectivity index (χ2n) is 6.40. The molecule has 8 heteroatoms. The van der Waals surface area contributed by atoms with Crippen molar-refractivity contribution >= 4 is 17.3 Å². The van der Waals surface area contributed by atoms with E-state index in [-0.39, 0.29) is 5.75 Å². The van der Waals surface area contributed by atoms with Gasteiger partial charge in [0.25, 0.3) is 0 Å². The minimum atomic E-state index is -1.61. The van der Waals surface area contributed by atoms with E-state index in [1.807, 2.05) is 21.9 Å². The number of rotatable bonds is 4. The largest absolute Gasteiger partial charge is 0.506 e. The lowest BCUT2D eigenvalue weighted by molar-refractivity contribution is -0.120. The van der Waals surface area contributed by atoms with Gasteiger partial charge in [0.1, 0.15) is 5.75 Å². The Kier molecular flexibility index (Phi) is 5.55. The molecule has 0 saturated carbocycles. The van der Waals surface area contributed by atoms with Gasteiger partial charge in [-0.2, -0.15) is 0 Å². The van der Waals surface area contributed by atoms with Crippen LogP contribution >= 0.6 is 0 Å². The van der Waals surface area contributed by atoms with Crippen LogP contribution in [-0.2, 0) is 4.79 Å². The lowest BCUT2D eigenvalue weighted by atomic mass is 10.2. The molecule has 3 rings (SSSR count). The highest BCUT2D eigenvalue weighted by molar-refractivity contribution is 5.94. The normalized spacial score (nSPS) is 16.2. The van der Waals surface area contributed by atoms with Gasteiger partial charge in [0.2, 0.25) is 5.91 Å². The molecule has 1 amide bonds. The van der Waals surface area contributed by atoms with E-state index in [0.717, 1.165) is 17.8 Å². The maximum atomic E-state index is 13.7. The van der Waals surface area contributed by atoms with Crippen LogP contribution in [0.5, 0.6) is 5.75 Å². The molecule has 0 unspecified atom stereocenters. The Labute approximate surface area is 155 Å². The third-order valence-electron chi connectivity index (χ3n) is 4.76. The first-order valence-electron chi connectivity index (χ1n) is 8.60. The zero-order chi connectivity index (χ0) is 19.6. The van der Waals surface area contributed by atoms with Gasteiger partial charge in [-0.1, -0.05) is 12.1 Å². The molecule has 1 fully saturated rings. The maximum absolute atomic E-state index is 13.7. The molecular weight excluding hydrogens is 359 g/mol. The van der Waals surface area contributed by atoms with Gasteiger partial charge in [-0.3, -0.25) is 9.69 Å². The fourth-order valence-electron chi connectivity index (χ4n) is 3.11. The minimum Gasteiger partial charge on any atom is -0.506 e. The average molecular weight is 379 g/mol. The van der Waals surface area contributed by atoms with Crippen molar-refractivity contribution in [2.75, 3.05) is 36.4 Å². The summed E-state index contributed by atoms with van der Waals surface area (Å²) in [6.07, 6.45) is 0. The number of aromatic hydroxyl groups is 1. The Morgan fingerprint density at radius 1 is 1.04 bits per heavy atom. The number of carbonyl (C=O) groups excluding carboxylic acids is 1. The Hall–Kier alpha value is -2.74. The molecule has 2 aromatic rings. The molecule has 1 saturated heterocycles. The number of hydrogen-bond acceptors (Lipinski definition) is 4. The van der Waals surface area contributed by atoms with Crippen molar-refractivity contribution in [2.45, 2.75) is 13.0 Å². The van der Waals surface area contributed by atoms with E-state index in [1.54, 1.807) is 19.1 Å². The summed E-state index contributed by atoms with van der Waals surface area (Å²) in [6, 6.07) is 8.22. The molecular formula is C19H20F3N3O2. The molecule has 27 heavy (non-hydrogen) atoms. The molecule has 1 aliphatic rings. The quantitative estimate of drug-likeness (QED) is 0.802. The van der Waals surface area contributed by atoms with Crippen LogP contribution in [0.1, 0.15) is 6.92 Å². The summed E-state index contributed by atoms with van der Waals surface area (Å²) in [7, 11) is 0. The fraction of sp³-hybridized carbons (Fsp3) is 0.316. The van der Waals surface area contributed by atoms with Crippen LogP contribution in [0.25, 0.3) is 0 Å². The molecule has 2 N–H and O–H groups in total. The van der Waals surface area contributed by atoms with Crippen molar-refractivity contribution in [1.82, 2.24) is 4.90 Å². The van der Waals surface area contributed by atoms with Crippen molar-refractivity contribution in [3.63, 3.8) is 0 Å². The maximum Gasteiger partial charge on any atom is 0.241 e. The zero-order valence-electron chi connectivity index (χ0n) is 14.8. The van der Waals surface area contributed by atoms with Gasteiger partial charge in [0.15, 0.2) is 17.5 Å². The Morgan fingerprint density at radius 2 is 1.70 bits per heavy atom. The predicted octanol–water partition coefficient (Wildman–Crippen LogP) is 2.96. The number of piperazine rings is 1. The lowest BCUT2D eigenvalue weighted by Crippen LogP contribution is -2.52. The number of halogens is 3. The minimum absolute atomic E-state index is 0.200. The van der Waals surface area contributed by atoms with E-state index in [9.17, 15) is 23.1 Å². The molecule has 2 aromatic carbocycles. The molecule has 1 aliphatic heterocycles. The monoisotopic (exact) mass is 379 g/mol. The van der Waals surface area contributed by atoms with Crippen LogP contribution in [0.15, 0.2) is 36.4 Å². The number of benzene rings is 2. The number of nitrogens with zero attached hydrogens (tertiary/aromatic N) is 2. The first-order valence-corrected chi connectivity index (χ1v) is 8.60. The second-order valence-corrected chi connectivity index (χ2v) is 6.40. The van der Waals surface area contributed by atoms with Crippen LogP contribution in [0.4, 0.5) is 24.5 Å². The van der Waals surface area contributed by atoms with Crippen LogP contribution in [0, 0.1) is 17.5 Å². The molecule has 0 radical (unpaired) electrons. The summed E-state index contributed by atoms with van der Waals surface area (Å²) >= 11 is 0. The number of carbonyl (C=O) groups is 1. The Morgan fingerprint density at radius 3 is 2.37 bits per heavy atom. The highest BCUT2D eigenvalue weighted by Crippen LogP contribution is 2.27. The number of hydrogen-bond donors (Lipinski definition) is 2. The molecule has 0 spiro atoms. The van der Waals surface area contributed by atoms with Crippen LogP contribution in [0.2, 0.25) is 0 Å². The van der Waals surface area contributed by atoms with Crippen molar-refractivity contribution in [3.8, 4) is 5.75 Å². The summed E-state index contributed by atoms with van der Waals surface area (Å²) in [5, 5.41) is 12.3. The number of phenols is 1. The summed E-state index contributed by atoms with van der Waals surface area (Å²) in [5.41, 5.74) is 0.344. The van der Waals surface area contributed by atoms with Gasteiger partial charge in [-0.25, -0.2) is 13.2 Å². The molecule has 0 aromatic heterocycles. The standard InChI is InChI=1S/C19H20F3N3O2/c1-12(19(27)23-14-7-6-13(20)17(21)18(14)22)24-8-10-25(11-9-24)15-4-2-3-5-16(15)26/h2-7,12,26H,8-11H2,1H3,(H,23,27)/t12-/m1/s1. The number of phenolic OH excluding ortho intramolecular Hbond substituents is 1. The first-order chi connectivity index (χ1) is 12.9. The van der Waals surface area contributed by atoms with E-state index in [4.69, 9.17) is 0 Å². The van der Waals surface area contributed by atoms with Gasteiger partial charge in [-0.05, 0) is 31.2 Å². The highest BCUT2D eigenvalue weighted by atomic mass is 19.2. The van der Waals surface area contributed by atoms with E-state index in [2.05, 4.69) is 5.32 Å². The van der Waals surface area contributed by atoms with Gasteiger partial charge < -0.3 is 15.3 Å². The zero-order valence-corrected chi connectivity index (χ0v) is 14.8. The van der Waals surface area contributed by atoms with Crippen LogP contribution < -0.4 is 10.2 Å². The van der Waals surface area contributed by atoms with E-state index >= 15 is 0 Å². The average Bonchev–Trinajstić information content (AvgIpc) is 2.68. The SMILES string of the molecule is C[C@H](C(=O)Nc1ccc(F)c(F)c1F)N1CCN(c2ccccc2O)CC1. The molecule has 144 valence electrons. The van der Waals surface area contributed by atoms with Gasteiger partial charge >= 0.3 is 0 Å². The Bertz CT molecular complexity index is 839. The first kappa shape index (κ1) is 19.0. The highest BCUT2D eigenvalue weighted by Gasteiger charge is 2.27. The topological polar surface area (TPSA) is 55.8 Å². The molecule has 0 aliphatic carbocycles. The van der Waals surface area contributed by atoms with E-state index < -0.39 is 35.1 Å². The number of anilines is 2. The van der Waals surface area contributed by atoms with Crippen molar-refractivity contribution in [2.24, 2.45) is 0 Å². The summed E-state index contributed by atoms with van der Waals surface area (Å²) in [5.74, 6) is -4.64. The predicted molar refractivity (Wildman–Crippen MR) is 96.3 cm³/mol. The van der Waals surface area contributed by atoms with Crippen molar-refractivity contribution < 1.29 is 23.1 Å². The number of amides is 1. The van der Waals surface area contributed by atoms with Crippen molar-refractivity contribution in [1.29, 1.82) is 0 Å². The third kappa shape index (κ3) is 4.00. The summed E-state index contributed by atoms with van der Waals surface area (Å²) < 4.78 is 40.0. The van der Waals surface area contributed by atoms with Crippen molar-refractivity contribution in [3.05, 3.63) is 53.8 Å². The second kappa shape index (κ2) is 7.87. The fourth-order valence-corrected chi connectivity index (χ4v) is 3.11. The van der Waals surface area contributed by atoms with E-state index in [1.165, 1.54) is 0 Å². The van der Waals surface area contributed by atoms with Gasteiger partial charge in [0.05, 0.1) is 17.4 Å². The Balaban J connectivity index is 1.61. The summed E-state index contributed by atoms with van der Waals surface area (Å²) in [6.45, 7) is 4.00. The lowest BCUT2D eigenvalue weighted by Gasteiger charge is -2.38. The van der Waals surface area contributed by atoms with Crippen LogP contribution in [0.3, 0.4) is 0 Å². The third-order valence-corrected chi connectivity index (χ3v) is 4.76. The summed E-state index contributed by atoms with van der Waals surface area (Å²) in [4.78, 5) is 16.3. The molecule has 5 nitrogen and oxygen atoms in total. The van der Waals surface area contributed by atoms with Gasteiger partial charge in [-0.15, -0.1) is 0 Å². The molecule has 0 bridgehead atoms. The van der Waals surface area contributed by atoms with E-state index in [0.29, 0.717) is 26.2 Å². The molecule has 1 heterocycles. The smallest absolute Gasteiger partial charge is 0.241 e. The number of para-hydroxylation sites is 2. The van der Waals surface area contributed by atoms with Crippen LogP contribution in [-0.4, -0.2) is 48.1 Å².